The van der Waals surface area contributed by atoms with Gasteiger partial charge in [-0.25, -0.2) is 9.49 Å². The largest absolute Gasteiger partial charge is 0.495 e. The first-order chi connectivity index (χ1) is 14.9. The molecule has 0 amide bonds. The lowest BCUT2D eigenvalue weighted by atomic mass is 9.95. The highest BCUT2D eigenvalue weighted by atomic mass is 35.5. The van der Waals surface area contributed by atoms with Crippen molar-refractivity contribution in [2.45, 2.75) is 6.54 Å². The van der Waals surface area contributed by atoms with Crippen molar-refractivity contribution in [1.29, 1.82) is 5.26 Å². The zero-order chi connectivity index (χ0) is 22.3. The summed E-state index contributed by atoms with van der Waals surface area (Å²) < 4.78 is 21.9. The van der Waals surface area contributed by atoms with Crippen molar-refractivity contribution in [3.63, 3.8) is 0 Å². The number of hydrogen-bond acceptors (Lipinski definition) is 6. The number of hydrogen-bond donors (Lipinski definition) is 2. The van der Waals surface area contributed by atoms with Gasteiger partial charge in [-0.3, -0.25) is 9.48 Å². The van der Waals surface area contributed by atoms with Crippen LogP contribution in [0.3, 0.4) is 0 Å². The molecule has 0 aliphatic carbocycles. The normalized spacial score (nSPS) is 11.0. The van der Waals surface area contributed by atoms with Crippen LogP contribution in [0, 0.1) is 17.1 Å². The number of H-pyrrole nitrogens is 1. The van der Waals surface area contributed by atoms with E-state index >= 15 is 4.39 Å². The fraction of sp³-hybridized carbons (Fsp3) is 0.143. The third-order valence-electron chi connectivity index (χ3n) is 5.06. The Bertz CT molecular complexity index is 1440. The predicted molar refractivity (Wildman–Crippen MR) is 114 cm³/mol. The van der Waals surface area contributed by atoms with Gasteiger partial charge in [0.2, 0.25) is 0 Å². The molecule has 8 nitrogen and oxygen atoms in total. The third-order valence-corrected chi connectivity index (χ3v) is 5.34. The molecule has 0 fully saturated rings. The van der Waals surface area contributed by atoms with Gasteiger partial charge in [0.15, 0.2) is 5.82 Å². The lowest BCUT2D eigenvalue weighted by Crippen LogP contribution is -2.13. The summed E-state index contributed by atoms with van der Waals surface area (Å²) in [5.74, 6) is -0.610. The number of aryl methyl sites for hydroxylation is 1. The molecular weight excluding hydrogens is 423 g/mol. The molecule has 0 unspecified atom stereocenters. The van der Waals surface area contributed by atoms with Gasteiger partial charge in [-0.05, 0) is 17.7 Å². The minimum absolute atomic E-state index is 0.00389. The first-order valence-corrected chi connectivity index (χ1v) is 9.49. The number of nitrogens with two attached hydrogens (primary N) is 1. The summed E-state index contributed by atoms with van der Waals surface area (Å²) in [5.41, 5.74) is 7.42. The molecular formula is C21H16ClFN6O2. The Labute approximate surface area is 180 Å². The molecule has 31 heavy (non-hydrogen) atoms. The summed E-state index contributed by atoms with van der Waals surface area (Å²) >= 11 is 6.07. The number of ether oxygens (including phenoxy) is 1. The number of aromatic nitrogens is 4. The van der Waals surface area contributed by atoms with E-state index in [0.717, 1.165) is 0 Å². The van der Waals surface area contributed by atoms with Crippen molar-refractivity contribution < 1.29 is 9.13 Å². The Balaban J connectivity index is 2.05. The van der Waals surface area contributed by atoms with Crippen LogP contribution in [0.1, 0.15) is 11.3 Å². The molecule has 4 rings (SSSR count). The van der Waals surface area contributed by atoms with Crippen LogP contribution >= 0.6 is 11.6 Å². The lowest BCUT2D eigenvalue weighted by Gasteiger charge is -2.14. The van der Waals surface area contributed by atoms with E-state index in [-0.39, 0.29) is 34.0 Å². The van der Waals surface area contributed by atoms with Gasteiger partial charge in [0, 0.05) is 30.6 Å². The highest BCUT2D eigenvalue weighted by Gasteiger charge is 2.25. The number of nitriles is 1. The van der Waals surface area contributed by atoms with Crippen molar-refractivity contribution in [2.24, 2.45) is 12.8 Å². The van der Waals surface area contributed by atoms with Gasteiger partial charge < -0.3 is 10.5 Å². The van der Waals surface area contributed by atoms with Gasteiger partial charge in [-0.15, -0.1) is 0 Å². The number of aromatic amines is 1. The molecule has 2 aromatic heterocycles. The smallest absolute Gasteiger partial charge is 0.272 e. The molecule has 2 heterocycles. The standard InChI is InChI=1S/C21H16ClFN6O2/c1-29-20(18-13(7-24)17(31-2)6-15(22)19(18)23)14(9-26-29)10-3-4-11-12(5-10)16(8-25)27-28-21(11)30/h3-6,9H,8,25H2,1-2H3,(H,28,30). The Kier molecular flexibility index (Phi) is 5.19. The van der Waals surface area contributed by atoms with Crippen molar-refractivity contribution in [2.75, 3.05) is 7.11 Å². The van der Waals surface area contributed by atoms with Gasteiger partial charge in [0.1, 0.15) is 17.4 Å². The second-order valence-corrected chi connectivity index (χ2v) is 7.14. The van der Waals surface area contributed by atoms with E-state index in [4.69, 9.17) is 22.1 Å². The monoisotopic (exact) mass is 438 g/mol. The number of nitrogens with zero attached hydrogens (tertiary/aromatic N) is 4. The van der Waals surface area contributed by atoms with E-state index < -0.39 is 5.82 Å². The second-order valence-electron chi connectivity index (χ2n) is 6.73. The molecule has 0 saturated carbocycles. The van der Waals surface area contributed by atoms with Gasteiger partial charge in [0.05, 0.1) is 40.7 Å². The maximum Gasteiger partial charge on any atom is 0.272 e. The molecule has 2 aromatic carbocycles. The summed E-state index contributed by atoms with van der Waals surface area (Å²) in [6, 6.07) is 8.35. The van der Waals surface area contributed by atoms with Crippen LogP contribution in [0.2, 0.25) is 5.02 Å². The summed E-state index contributed by atoms with van der Waals surface area (Å²) in [6.07, 6.45) is 1.55. The second kappa shape index (κ2) is 7.83. The van der Waals surface area contributed by atoms with E-state index in [1.165, 1.54) is 17.9 Å². The quantitative estimate of drug-likeness (QED) is 0.504. The van der Waals surface area contributed by atoms with Crippen LogP contribution < -0.4 is 16.0 Å². The van der Waals surface area contributed by atoms with E-state index in [2.05, 4.69) is 15.3 Å². The Morgan fingerprint density at radius 1 is 1.35 bits per heavy atom. The molecule has 4 aromatic rings. The maximum absolute atomic E-state index is 15.2. The molecule has 0 aliphatic heterocycles. The van der Waals surface area contributed by atoms with Crippen molar-refractivity contribution in [3.8, 4) is 34.2 Å². The number of nitrogens with one attached hydrogen (secondary N) is 1. The number of methoxy groups -OCH3 is 1. The minimum atomic E-state index is -0.759. The molecule has 3 N–H and O–H groups in total. The molecule has 156 valence electrons. The number of benzene rings is 2. The van der Waals surface area contributed by atoms with Crippen molar-refractivity contribution >= 4 is 22.4 Å². The topological polar surface area (TPSA) is 123 Å². The Morgan fingerprint density at radius 3 is 2.81 bits per heavy atom. The van der Waals surface area contributed by atoms with Crippen LogP contribution in [-0.4, -0.2) is 27.1 Å². The van der Waals surface area contributed by atoms with Crippen LogP contribution in [0.4, 0.5) is 4.39 Å². The van der Waals surface area contributed by atoms with Crippen LogP contribution in [0.5, 0.6) is 5.75 Å². The zero-order valence-corrected chi connectivity index (χ0v) is 17.3. The molecule has 0 aliphatic rings. The summed E-state index contributed by atoms with van der Waals surface area (Å²) in [5, 5.41) is 21.2. The summed E-state index contributed by atoms with van der Waals surface area (Å²) in [7, 11) is 3.01. The zero-order valence-electron chi connectivity index (χ0n) is 16.5. The van der Waals surface area contributed by atoms with E-state index in [1.807, 2.05) is 6.07 Å². The van der Waals surface area contributed by atoms with E-state index in [0.29, 0.717) is 33.3 Å². The average Bonchev–Trinajstić information content (AvgIpc) is 3.16. The highest BCUT2D eigenvalue weighted by molar-refractivity contribution is 6.31. The number of rotatable bonds is 4. The maximum atomic E-state index is 15.2. The first kappa shape index (κ1) is 20.5. The molecule has 0 saturated heterocycles. The highest BCUT2D eigenvalue weighted by Crippen LogP contribution is 2.41. The Morgan fingerprint density at radius 2 is 2.13 bits per heavy atom. The van der Waals surface area contributed by atoms with Crippen molar-refractivity contribution in [1.82, 2.24) is 20.0 Å². The summed E-state index contributed by atoms with van der Waals surface area (Å²) in [6.45, 7) is 0.120. The number of fused-ring (bicyclic) bond motifs is 1. The lowest BCUT2D eigenvalue weighted by molar-refractivity contribution is 0.412. The average molecular weight is 439 g/mol. The molecule has 0 bridgehead atoms. The molecule has 0 atom stereocenters. The van der Waals surface area contributed by atoms with Gasteiger partial charge in [-0.2, -0.15) is 15.5 Å². The molecule has 10 heteroatoms. The van der Waals surface area contributed by atoms with Gasteiger partial charge in [-0.1, -0.05) is 17.7 Å². The summed E-state index contributed by atoms with van der Waals surface area (Å²) in [4.78, 5) is 12.1. The van der Waals surface area contributed by atoms with Gasteiger partial charge >= 0.3 is 0 Å². The van der Waals surface area contributed by atoms with Crippen molar-refractivity contribution in [3.05, 3.63) is 62.9 Å². The SMILES string of the molecule is COc1cc(Cl)c(F)c(-c2c(-c3ccc4c(=O)[nH]nc(CN)c4c3)cnn2C)c1C#N. The number of halogens is 2. The fourth-order valence-corrected chi connectivity index (χ4v) is 3.78. The minimum Gasteiger partial charge on any atom is -0.495 e. The Hall–Kier alpha value is -3.74. The molecule has 0 spiro atoms. The first-order valence-electron chi connectivity index (χ1n) is 9.11. The van der Waals surface area contributed by atoms with E-state index in [9.17, 15) is 10.1 Å². The fourth-order valence-electron chi connectivity index (χ4n) is 3.59. The van der Waals surface area contributed by atoms with Crippen LogP contribution in [0.15, 0.2) is 35.3 Å². The third kappa shape index (κ3) is 3.22. The molecule has 0 radical (unpaired) electrons. The predicted octanol–water partition coefficient (Wildman–Crippen LogP) is 3.12. The van der Waals surface area contributed by atoms with E-state index in [1.54, 1.807) is 31.4 Å². The van der Waals surface area contributed by atoms with Crippen LogP contribution in [0.25, 0.3) is 33.2 Å². The van der Waals surface area contributed by atoms with Gasteiger partial charge in [0.25, 0.3) is 5.56 Å². The van der Waals surface area contributed by atoms with Crippen LogP contribution in [-0.2, 0) is 13.6 Å².